The van der Waals surface area contributed by atoms with Gasteiger partial charge in [0.15, 0.2) is 0 Å². The highest BCUT2D eigenvalue weighted by molar-refractivity contribution is 5.94. The van der Waals surface area contributed by atoms with Crippen LogP contribution in [-0.4, -0.2) is 53.8 Å². The van der Waals surface area contributed by atoms with E-state index in [9.17, 15) is 9.59 Å². The van der Waals surface area contributed by atoms with Crippen LogP contribution in [0.3, 0.4) is 0 Å². The lowest BCUT2D eigenvalue weighted by Gasteiger charge is -2.47. The lowest BCUT2D eigenvalue weighted by molar-refractivity contribution is -0.140. The van der Waals surface area contributed by atoms with Crippen LogP contribution in [0, 0.1) is 5.92 Å². The van der Waals surface area contributed by atoms with Crippen LogP contribution in [0.5, 0.6) is 0 Å². The van der Waals surface area contributed by atoms with Gasteiger partial charge in [0.05, 0.1) is 0 Å². The van der Waals surface area contributed by atoms with Crippen molar-refractivity contribution >= 4 is 11.8 Å². The molecule has 0 spiro atoms. The monoisotopic (exact) mass is 357 g/mol. The molecule has 2 amide bonds. The molecule has 3 rings (SSSR count). The molecular weight excluding hydrogens is 326 g/mol. The number of likely N-dealkylation sites (tertiary alicyclic amines) is 2. The maximum absolute atomic E-state index is 12.9. The number of hydrogen-bond acceptors (Lipinski definition) is 3. The second-order valence-corrected chi connectivity index (χ2v) is 7.91. The quantitative estimate of drug-likeness (QED) is 0.881. The van der Waals surface area contributed by atoms with Crippen LogP contribution in [-0.2, 0) is 4.79 Å². The van der Waals surface area contributed by atoms with Gasteiger partial charge in [0.2, 0.25) is 5.91 Å². The van der Waals surface area contributed by atoms with Crippen molar-refractivity contribution in [1.82, 2.24) is 9.80 Å². The van der Waals surface area contributed by atoms with Crippen molar-refractivity contribution in [3.05, 3.63) is 35.4 Å². The first-order chi connectivity index (χ1) is 12.5. The number of piperidine rings is 2. The molecule has 0 aliphatic carbocycles. The van der Waals surface area contributed by atoms with E-state index in [1.807, 2.05) is 21.9 Å². The Labute approximate surface area is 156 Å². The molecule has 0 bridgehead atoms. The average Bonchev–Trinajstić information content (AvgIpc) is 2.66. The Balaban J connectivity index is 1.66. The SMILES string of the molecule is CC(C)c1ccc(C(=O)N2CC[C@@H]3[C@@H](CCC(=O)N3CCCN)C2)cc1. The average molecular weight is 357 g/mol. The van der Waals surface area contributed by atoms with Crippen molar-refractivity contribution in [1.29, 1.82) is 0 Å². The van der Waals surface area contributed by atoms with E-state index in [-0.39, 0.29) is 17.9 Å². The van der Waals surface area contributed by atoms with Gasteiger partial charge in [0, 0.05) is 37.7 Å². The number of nitrogens with two attached hydrogens (primary N) is 1. The number of amides is 2. The molecule has 2 aliphatic rings. The summed E-state index contributed by atoms with van der Waals surface area (Å²) < 4.78 is 0. The number of fused-ring (bicyclic) bond motifs is 1. The summed E-state index contributed by atoms with van der Waals surface area (Å²) in [6.07, 6.45) is 3.20. The minimum atomic E-state index is 0.115. The van der Waals surface area contributed by atoms with E-state index in [0.29, 0.717) is 24.8 Å². The summed E-state index contributed by atoms with van der Waals surface area (Å²) in [5.74, 6) is 1.22. The molecule has 0 radical (unpaired) electrons. The van der Waals surface area contributed by atoms with E-state index in [0.717, 1.165) is 44.5 Å². The number of rotatable bonds is 5. The molecule has 0 saturated carbocycles. The summed E-state index contributed by atoms with van der Waals surface area (Å²) >= 11 is 0. The fourth-order valence-electron chi connectivity index (χ4n) is 4.28. The summed E-state index contributed by atoms with van der Waals surface area (Å²) in [6.45, 7) is 7.14. The van der Waals surface area contributed by atoms with E-state index >= 15 is 0 Å². The lowest BCUT2D eigenvalue weighted by atomic mass is 9.83. The molecule has 142 valence electrons. The molecule has 26 heavy (non-hydrogen) atoms. The van der Waals surface area contributed by atoms with Crippen molar-refractivity contribution < 1.29 is 9.59 Å². The van der Waals surface area contributed by atoms with Crippen LogP contribution in [0.2, 0.25) is 0 Å². The van der Waals surface area contributed by atoms with E-state index in [4.69, 9.17) is 5.73 Å². The highest BCUT2D eigenvalue weighted by Crippen LogP contribution is 2.32. The predicted molar refractivity (Wildman–Crippen MR) is 103 cm³/mol. The maximum atomic E-state index is 12.9. The van der Waals surface area contributed by atoms with Crippen LogP contribution in [0.1, 0.15) is 61.4 Å². The Morgan fingerprint density at radius 3 is 2.62 bits per heavy atom. The lowest BCUT2D eigenvalue weighted by Crippen LogP contribution is -2.57. The Kier molecular flexibility index (Phi) is 5.97. The highest BCUT2D eigenvalue weighted by atomic mass is 16.2. The van der Waals surface area contributed by atoms with E-state index in [1.54, 1.807) is 0 Å². The molecule has 0 aromatic heterocycles. The van der Waals surface area contributed by atoms with Gasteiger partial charge >= 0.3 is 0 Å². The number of benzene rings is 1. The molecule has 2 saturated heterocycles. The van der Waals surface area contributed by atoms with Crippen LogP contribution in [0.4, 0.5) is 0 Å². The van der Waals surface area contributed by atoms with Gasteiger partial charge in [0.25, 0.3) is 5.91 Å². The topological polar surface area (TPSA) is 66.6 Å². The van der Waals surface area contributed by atoms with Gasteiger partial charge in [-0.1, -0.05) is 26.0 Å². The zero-order valence-electron chi connectivity index (χ0n) is 16.0. The molecule has 2 heterocycles. The third-order valence-electron chi connectivity index (χ3n) is 5.86. The first-order valence-electron chi connectivity index (χ1n) is 9.90. The van der Waals surface area contributed by atoms with Crippen LogP contribution in [0.15, 0.2) is 24.3 Å². The van der Waals surface area contributed by atoms with Crippen LogP contribution < -0.4 is 5.73 Å². The molecule has 0 unspecified atom stereocenters. The molecule has 2 aliphatic heterocycles. The summed E-state index contributed by atoms with van der Waals surface area (Å²) in [6, 6.07) is 8.27. The Morgan fingerprint density at radius 1 is 1.23 bits per heavy atom. The van der Waals surface area contributed by atoms with Crippen molar-refractivity contribution in [2.24, 2.45) is 11.7 Å². The predicted octanol–water partition coefficient (Wildman–Crippen LogP) is 2.61. The smallest absolute Gasteiger partial charge is 0.253 e. The third-order valence-corrected chi connectivity index (χ3v) is 5.86. The largest absolute Gasteiger partial charge is 0.339 e. The summed E-state index contributed by atoms with van der Waals surface area (Å²) in [5, 5.41) is 0. The molecule has 2 atom stereocenters. The summed E-state index contributed by atoms with van der Waals surface area (Å²) in [7, 11) is 0. The minimum Gasteiger partial charge on any atom is -0.339 e. The van der Waals surface area contributed by atoms with E-state index in [2.05, 4.69) is 26.0 Å². The van der Waals surface area contributed by atoms with Gasteiger partial charge in [-0.3, -0.25) is 9.59 Å². The molecule has 5 nitrogen and oxygen atoms in total. The fourth-order valence-corrected chi connectivity index (χ4v) is 4.28. The molecular formula is C21H31N3O2. The minimum absolute atomic E-state index is 0.115. The molecule has 2 N–H and O–H groups in total. The van der Waals surface area contributed by atoms with Crippen molar-refractivity contribution in [2.45, 2.75) is 51.5 Å². The van der Waals surface area contributed by atoms with Gasteiger partial charge in [-0.25, -0.2) is 0 Å². The number of hydrogen-bond donors (Lipinski definition) is 1. The Morgan fingerprint density at radius 2 is 1.96 bits per heavy atom. The standard InChI is InChI=1S/C21H31N3O2/c1-15(2)16-4-6-17(7-5-16)21(26)23-13-10-19-18(14-23)8-9-20(25)24(19)12-3-11-22/h4-7,15,18-19H,3,8-14,22H2,1-2H3/t18-,19+/m0/s1. The van der Waals surface area contributed by atoms with Gasteiger partial charge < -0.3 is 15.5 Å². The number of carbonyl (C=O) groups excluding carboxylic acids is 2. The van der Waals surface area contributed by atoms with Crippen LogP contribution >= 0.6 is 0 Å². The molecule has 1 aromatic rings. The molecule has 1 aromatic carbocycles. The van der Waals surface area contributed by atoms with Gasteiger partial charge in [-0.05, 0) is 55.3 Å². The fraction of sp³-hybridized carbons (Fsp3) is 0.619. The second kappa shape index (κ2) is 8.21. The van der Waals surface area contributed by atoms with E-state index < -0.39 is 0 Å². The first-order valence-corrected chi connectivity index (χ1v) is 9.90. The normalized spacial score (nSPS) is 23.3. The first kappa shape index (κ1) is 18.9. The third kappa shape index (κ3) is 3.93. The van der Waals surface area contributed by atoms with E-state index in [1.165, 1.54) is 5.56 Å². The number of carbonyl (C=O) groups is 2. The zero-order chi connectivity index (χ0) is 18.7. The summed E-state index contributed by atoms with van der Waals surface area (Å²) in [5.41, 5.74) is 7.64. The van der Waals surface area contributed by atoms with Crippen molar-refractivity contribution in [3.8, 4) is 0 Å². The maximum Gasteiger partial charge on any atom is 0.253 e. The Bertz CT molecular complexity index is 641. The van der Waals surface area contributed by atoms with Gasteiger partial charge in [-0.2, -0.15) is 0 Å². The molecule has 5 heteroatoms. The Hall–Kier alpha value is -1.88. The van der Waals surface area contributed by atoms with Crippen molar-refractivity contribution in [2.75, 3.05) is 26.2 Å². The zero-order valence-corrected chi connectivity index (χ0v) is 16.0. The van der Waals surface area contributed by atoms with Crippen molar-refractivity contribution in [3.63, 3.8) is 0 Å². The van der Waals surface area contributed by atoms with Gasteiger partial charge in [-0.15, -0.1) is 0 Å². The second-order valence-electron chi connectivity index (χ2n) is 7.91. The molecule has 2 fully saturated rings. The van der Waals surface area contributed by atoms with Gasteiger partial charge in [0.1, 0.15) is 0 Å². The highest BCUT2D eigenvalue weighted by Gasteiger charge is 2.40. The number of nitrogens with zero attached hydrogens (tertiary/aromatic N) is 2. The summed E-state index contributed by atoms with van der Waals surface area (Å²) in [4.78, 5) is 29.2. The van der Waals surface area contributed by atoms with Crippen LogP contribution in [0.25, 0.3) is 0 Å².